The van der Waals surface area contributed by atoms with Gasteiger partial charge in [-0.2, -0.15) is 11.3 Å². The van der Waals surface area contributed by atoms with Crippen LogP contribution in [0.2, 0.25) is 0 Å². The van der Waals surface area contributed by atoms with E-state index in [1.165, 1.54) is 11.3 Å². The molecule has 1 atom stereocenters. The summed E-state index contributed by atoms with van der Waals surface area (Å²) in [4.78, 5) is 36.4. The van der Waals surface area contributed by atoms with E-state index in [1.54, 1.807) is 16.3 Å². The SMILES string of the molecule is O=C(O)CCC1CCCN(C(=O)CCNC(=O)c2ccsc2)C1. The lowest BCUT2D eigenvalue weighted by Crippen LogP contribution is -2.41. The van der Waals surface area contributed by atoms with Crippen molar-refractivity contribution in [3.05, 3.63) is 22.4 Å². The number of hydrogen-bond acceptors (Lipinski definition) is 4. The third kappa shape index (κ3) is 5.67. The molecule has 6 nitrogen and oxygen atoms in total. The van der Waals surface area contributed by atoms with Gasteiger partial charge >= 0.3 is 5.97 Å². The van der Waals surface area contributed by atoms with Crippen LogP contribution < -0.4 is 5.32 Å². The average Bonchev–Trinajstić information content (AvgIpc) is 3.07. The van der Waals surface area contributed by atoms with Crippen LogP contribution in [-0.4, -0.2) is 47.4 Å². The number of piperidine rings is 1. The summed E-state index contributed by atoms with van der Waals surface area (Å²) in [6.07, 6.45) is 2.95. The summed E-state index contributed by atoms with van der Waals surface area (Å²) in [6.45, 7) is 1.68. The highest BCUT2D eigenvalue weighted by molar-refractivity contribution is 7.08. The number of rotatable bonds is 7. The van der Waals surface area contributed by atoms with Crippen LogP contribution in [0.4, 0.5) is 0 Å². The van der Waals surface area contributed by atoms with Crippen molar-refractivity contribution in [3.8, 4) is 0 Å². The van der Waals surface area contributed by atoms with Gasteiger partial charge < -0.3 is 15.3 Å². The maximum absolute atomic E-state index is 12.2. The van der Waals surface area contributed by atoms with Gasteiger partial charge in [-0.1, -0.05) is 0 Å². The van der Waals surface area contributed by atoms with Crippen LogP contribution >= 0.6 is 11.3 Å². The van der Waals surface area contributed by atoms with Gasteiger partial charge in [0.05, 0.1) is 0 Å². The van der Waals surface area contributed by atoms with Crippen molar-refractivity contribution in [2.75, 3.05) is 19.6 Å². The minimum absolute atomic E-state index is 0.0237. The molecule has 1 aliphatic rings. The number of carboxylic acids is 1. The Bertz CT molecular complexity index is 544. The standard InChI is InChI=1S/C16H22N2O4S/c19-14(5-7-17-16(22)13-6-9-23-11-13)18-8-1-2-12(10-18)3-4-15(20)21/h6,9,11-12H,1-5,7-8,10H2,(H,17,22)(H,20,21). The number of amides is 2. The fraction of sp³-hybridized carbons (Fsp3) is 0.562. The third-order valence-corrected chi connectivity index (χ3v) is 4.73. The van der Waals surface area contributed by atoms with Gasteiger partial charge in [-0.05, 0) is 36.6 Å². The number of thiophene rings is 1. The number of nitrogens with one attached hydrogen (secondary N) is 1. The molecule has 0 aliphatic carbocycles. The molecule has 2 rings (SSSR count). The van der Waals surface area contributed by atoms with Gasteiger partial charge in [-0.3, -0.25) is 14.4 Å². The van der Waals surface area contributed by atoms with Gasteiger partial charge in [0.1, 0.15) is 0 Å². The van der Waals surface area contributed by atoms with Crippen LogP contribution in [0.1, 0.15) is 42.5 Å². The summed E-state index contributed by atoms with van der Waals surface area (Å²) in [7, 11) is 0. The lowest BCUT2D eigenvalue weighted by Gasteiger charge is -2.32. The molecule has 0 spiro atoms. The van der Waals surface area contributed by atoms with E-state index in [9.17, 15) is 14.4 Å². The number of carbonyl (C=O) groups is 3. The zero-order chi connectivity index (χ0) is 16.7. The van der Waals surface area contributed by atoms with Gasteiger partial charge in [-0.25, -0.2) is 0 Å². The Morgan fingerprint density at radius 3 is 2.87 bits per heavy atom. The van der Waals surface area contributed by atoms with Gasteiger partial charge in [-0.15, -0.1) is 0 Å². The first-order valence-electron chi connectivity index (χ1n) is 7.86. The van der Waals surface area contributed by atoms with Crippen molar-refractivity contribution in [1.29, 1.82) is 0 Å². The molecule has 2 amide bonds. The lowest BCUT2D eigenvalue weighted by atomic mass is 9.93. The topological polar surface area (TPSA) is 86.7 Å². The maximum atomic E-state index is 12.2. The number of nitrogens with zero attached hydrogens (tertiary/aromatic N) is 1. The molecule has 126 valence electrons. The van der Waals surface area contributed by atoms with Crippen LogP contribution in [0, 0.1) is 5.92 Å². The molecule has 0 bridgehead atoms. The van der Waals surface area contributed by atoms with E-state index in [0.717, 1.165) is 19.4 Å². The van der Waals surface area contributed by atoms with E-state index in [4.69, 9.17) is 5.11 Å². The minimum Gasteiger partial charge on any atom is -0.481 e. The van der Waals surface area contributed by atoms with E-state index in [0.29, 0.717) is 25.1 Å². The first-order chi connectivity index (χ1) is 11.1. The predicted molar refractivity (Wildman–Crippen MR) is 87.4 cm³/mol. The van der Waals surface area contributed by atoms with Crippen molar-refractivity contribution < 1.29 is 19.5 Å². The Balaban J connectivity index is 1.70. The van der Waals surface area contributed by atoms with Crippen molar-refractivity contribution in [1.82, 2.24) is 10.2 Å². The molecule has 1 saturated heterocycles. The monoisotopic (exact) mass is 338 g/mol. The Morgan fingerprint density at radius 1 is 1.35 bits per heavy atom. The average molecular weight is 338 g/mol. The highest BCUT2D eigenvalue weighted by atomic mass is 32.1. The predicted octanol–water partition coefficient (Wildman–Crippen LogP) is 1.97. The van der Waals surface area contributed by atoms with Gasteiger partial charge in [0.2, 0.25) is 5.91 Å². The van der Waals surface area contributed by atoms with Gasteiger partial charge in [0, 0.05) is 43.4 Å². The highest BCUT2D eigenvalue weighted by Crippen LogP contribution is 2.21. The van der Waals surface area contributed by atoms with Crippen LogP contribution in [0.25, 0.3) is 0 Å². The first-order valence-corrected chi connectivity index (χ1v) is 8.80. The molecule has 0 saturated carbocycles. The molecule has 1 fully saturated rings. The molecular formula is C16H22N2O4S. The second-order valence-electron chi connectivity index (χ2n) is 5.80. The summed E-state index contributed by atoms with van der Waals surface area (Å²) >= 11 is 1.46. The van der Waals surface area contributed by atoms with Crippen molar-refractivity contribution >= 4 is 29.1 Å². The number of likely N-dealkylation sites (tertiary alicyclic amines) is 1. The number of carboxylic acid groups (broad SMARTS) is 1. The zero-order valence-corrected chi connectivity index (χ0v) is 13.8. The smallest absolute Gasteiger partial charge is 0.303 e. The molecule has 1 aliphatic heterocycles. The van der Waals surface area contributed by atoms with Crippen molar-refractivity contribution in [3.63, 3.8) is 0 Å². The van der Waals surface area contributed by atoms with Crippen LogP contribution in [0.5, 0.6) is 0 Å². The number of hydrogen-bond donors (Lipinski definition) is 2. The van der Waals surface area contributed by atoms with E-state index < -0.39 is 5.97 Å². The Morgan fingerprint density at radius 2 is 2.17 bits per heavy atom. The van der Waals surface area contributed by atoms with E-state index in [-0.39, 0.29) is 30.6 Å². The molecule has 7 heteroatoms. The summed E-state index contributed by atoms with van der Waals surface area (Å²) in [6, 6.07) is 1.75. The second-order valence-corrected chi connectivity index (χ2v) is 6.58. The Hall–Kier alpha value is -1.89. The summed E-state index contributed by atoms with van der Waals surface area (Å²) in [5.41, 5.74) is 0.620. The largest absolute Gasteiger partial charge is 0.481 e. The highest BCUT2D eigenvalue weighted by Gasteiger charge is 2.23. The summed E-state index contributed by atoms with van der Waals surface area (Å²) < 4.78 is 0. The van der Waals surface area contributed by atoms with E-state index >= 15 is 0 Å². The Labute approximate surface area is 139 Å². The van der Waals surface area contributed by atoms with Crippen molar-refractivity contribution in [2.24, 2.45) is 5.92 Å². The molecule has 1 aromatic heterocycles. The second kappa shape index (κ2) is 8.67. The normalized spacial score (nSPS) is 17.7. The molecule has 2 heterocycles. The fourth-order valence-corrected chi connectivity index (χ4v) is 3.43. The van der Waals surface area contributed by atoms with Crippen molar-refractivity contribution in [2.45, 2.75) is 32.1 Å². The fourth-order valence-electron chi connectivity index (χ4n) is 2.79. The lowest BCUT2D eigenvalue weighted by molar-refractivity contribution is -0.137. The summed E-state index contributed by atoms with van der Waals surface area (Å²) in [5, 5.41) is 15.1. The van der Waals surface area contributed by atoms with Crippen LogP contribution in [0.15, 0.2) is 16.8 Å². The molecule has 0 aromatic carbocycles. The maximum Gasteiger partial charge on any atom is 0.303 e. The number of aliphatic carboxylic acids is 1. The minimum atomic E-state index is -0.787. The number of carbonyl (C=O) groups excluding carboxylic acids is 2. The van der Waals surface area contributed by atoms with E-state index in [2.05, 4.69) is 5.32 Å². The molecule has 1 unspecified atom stereocenters. The molecule has 23 heavy (non-hydrogen) atoms. The zero-order valence-electron chi connectivity index (χ0n) is 13.0. The molecule has 1 aromatic rings. The Kier molecular flexibility index (Phi) is 6.58. The molecule has 2 N–H and O–H groups in total. The summed E-state index contributed by atoms with van der Waals surface area (Å²) in [5.74, 6) is -0.651. The van der Waals surface area contributed by atoms with Gasteiger partial charge in [0.15, 0.2) is 0 Å². The third-order valence-electron chi connectivity index (χ3n) is 4.05. The quantitative estimate of drug-likeness (QED) is 0.796. The first kappa shape index (κ1) is 17.5. The molecule has 0 radical (unpaired) electrons. The molecular weight excluding hydrogens is 316 g/mol. The van der Waals surface area contributed by atoms with E-state index in [1.807, 2.05) is 5.38 Å². The van der Waals surface area contributed by atoms with Gasteiger partial charge in [0.25, 0.3) is 5.91 Å². The van der Waals surface area contributed by atoms with Crippen LogP contribution in [0.3, 0.4) is 0 Å². The van der Waals surface area contributed by atoms with Crippen LogP contribution in [-0.2, 0) is 9.59 Å².